The summed E-state index contributed by atoms with van der Waals surface area (Å²) in [6.07, 6.45) is 0.677. The Morgan fingerprint density at radius 1 is 0.962 bits per heavy atom. The number of hydrogen-bond acceptors (Lipinski definition) is 3. The van der Waals surface area contributed by atoms with E-state index in [1.807, 2.05) is 44.2 Å². The summed E-state index contributed by atoms with van der Waals surface area (Å²) >= 11 is 0. The molecule has 1 heterocycles. The number of imide groups is 1. The van der Waals surface area contributed by atoms with E-state index in [0.717, 1.165) is 10.5 Å². The number of carbonyl (C=O) groups excluding carboxylic acids is 3. The Morgan fingerprint density at radius 3 is 2.04 bits per heavy atom. The normalized spacial score (nSPS) is 15.5. The number of carbonyl (C=O) groups is 3. The lowest BCUT2D eigenvalue weighted by atomic mass is 9.96. The minimum Gasteiger partial charge on any atom is -0.350 e. The molecule has 0 aliphatic carbocycles. The first kappa shape index (κ1) is 17.9. The number of benzene rings is 2. The Balaban J connectivity index is 1.84. The molecule has 2 atom stereocenters. The van der Waals surface area contributed by atoms with Gasteiger partial charge in [-0.2, -0.15) is 0 Å². The molecule has 1 aliphatic rings. The first-order valence-corrected chi connectivity index (χ1v) is 8.83. The van der Waals surface area contributed by atoms with Gasteiger partial charge in [0.2, 0.25) is 5.91 Å². The van der Waals surface area contributed by atoms with Crippen molar-refractivity contribution in [2.45, 2.75) is 32.9 Å². The molecule has 0 aromatic heterocycles. The van der Waals surface area contributed by atoms with E-state index in [2.05, 4.69) is 5.32 Å². The number of fused-ring (bicyclic) bond motifs is 1. The zero-order valence-electron chi connectivity index (χ0n) is 14.9. The van der Waals surface area contributed by atoms with E-state index in [1.54, 1.807) is 24.3 Å². The zero-order valence-corrected chi connectivity index (χ0v) is 14.9. The highest BCUT2D eigenvalue weighted by Gasteiger charge is 2.44. The molecular weight excluding hydrogens is 328 g/mol. The SMILES string of the molecule is CC[C@H](C)[C@@H](C(=O)NCc1ccccc1)N1C(=O)c2ccccc2C1=O. The van der Waals surface area contributed by atoms with Crippen LogP contribution in [0.15, 0.2) is 54.6 Å². The summed E-state index contributed by atoms with van der Waals surface area (Å²) in [6.45, 7) is 4.19. The van der Waals surface area contributed by atoms with Crippen LogP contribution in [0.25, 0.3) is 0 Å². The monoisotopic (exact) mass is 350 g/mol. The second-order valence-electron chi connectivity index (χ2n) is 6.56. The van der Waals surface area contributed by atoms with Crippen LogP contribution in [0, 0.1) is 5.92 Å². The topological polar surface area (TPSA) is 66.5 Å². The van der Waals surface area contributed by atoms with Gasteiger partial charge in [0.1, 0.15) is 6.04 Å². The Labute approximate surface area is 153 Å². The van der Waals surface area contributed by atoms with Crippen LogP contribution in [0.1, 0.15) is 46.5 Å². The van der Waals surface area contributed by atoms with Gasteiger partial charge in [-0.3, -0.25) is 19.3 Å². The maximum absolute atomic E-state index is 12.9. The van der Waals surface area contributed by atoms with Crippen molar-refractivity contribution in [3.05, 3.63) is 71.3 Å². The summed E-state index contributed by atoms with van der Waals surface area (Å²) in [4.78, 5) is 39.6. The van der Waals surface area contributed by atoms with Crippen molar-refractivity contribution < 1.29 is 14.4 Å². The van der Waals surface area contributed by atoms with Crippen molar-refractivity contribution in [1.82, 2.24) is 10.2 Å². The van der Waals surface area contributed by atoms with Gasteiger partial charge in [-0.05, 0) is 23.6 Å². The predicted octanol–water partition coefficient (Wildman–Crippen LogP) is 3.01. The standard InChI is InChI=1S/C21H22N2O3/c1-3-14(2)18(19(24)22-13-15-9-5-4-6-10-15)23-20(25)16-11-7-8-12-17(16)21(23)26/h4-12,14,18H,3,13H2,1-2H3,(H,22,24)/t14-,18-/m0/s1. The van der Waals surface area contributed by atoms with Crippen molar-refractivity contribution in [2.24, 2.45) is 5.92 Å². The summed E-state index contributed by atoms with van der Waals surface area (Å²) in [5, 5.41) is 2.87. The Bertz CT molecular complexity index is 797. The van der Waals surface area contributed by atoms with Gasteiger partial charge in [0, 0.05) is 6.54 Å². The highest BCUT2D eigenvalue weighted by atomic mass is 16.2. The minimum absolute atomic E-state index is 0.145. The summed E-state index contributed by atoms with van der Waals surface area (Å²) in [6, 6.07) is 15.4. The fourth-order valence-electron chi connectivity index (χ4n) is 3.20. The van der Waals surface area contributed by atoms with E-state index in [1.165, 1.54) is 0 Å². The van der Waals surface area contributed by atoms with Crippen molar-refractivity contribution >= 4 is 17.7 Å². The molecule has 5 nitrogen and oxygen atoms in total. The fraction of sp³-hybridized carbons (Fsp3) is 0.286. The molecule has 0 unspecified atom stereocenters. The van der Waals surface area contributed by atoms with Gasteiger partial charge in [0.25, 0.3) is 11.8 Å². The van der Waals surface area contributed by atoms with Crippen LogP contribution in [0.3, 0.4) is 0 Å². The average Bonchev–Trinajstić information content (AvgIpc) is 2.92. The third kappa shape index (κ3) is 3.25. The van der Waals surface area contributed by atoms with Crippen molar-refractivity contribution in [3.63, 3.8) is 0 Å². The van der Waals surface area contributed by atoms with E-state index < -0.39 is 17.9 Å². The summed E-state index contributed by atoms with van der Waals surface area (Å²) in [5.74, 6) is -1.25. The van der Waals surface area contributed by atoms with Gasteiger partial charge in [-0.15, -0.1) is 0 Å². The van der Waals surface area contributed by atoms with E-state index in [0.29, 0.717) is 24.1 Å². The molecule has 0 bridgehead atoms. The molecule has 3 rings (SSSR count). The lowest BCUT2D eigenvalue weighted by Crippen LogP contribution is -2.52. The lowest BCUT2D eigenvalue weighted by Gasteiger charge is -2.29. The molecule has 2 aromatic rings. The van der Waals surface area contributed by atoms with E-state index in [-0.39, 0.29) is 11.8 Å². The molecule has 1 aliphatic heterocycles. The highest BCUT2D eigenvalue weighted by Crippen LogP contribution is 2.28. The molecule has 0 spiro atoms. The van der Waals surface area contributed by atoms with Gasteiger partial charge < -0.3 is 5.32 Å². The lowest BCUT2D eigenvalue weighted by molar-refractivity contribution is -0.126. The quantitative estimate of drug-likeness (QED) is 0.815. The molecular formula is C21H22N2O3. The third-order valence-electron chi connectivity index (χ3n) is 4.86. The third-order valence-corrected chi connectivity index (χ3v) is 4.86. The van der Waals surface area contributed by atoms with Gasteiger partial charge >= 0.3 is 0 Å². The van der Waals surface area contributed by atoms with Gasteiger partial charge in [-0.1, -0.05) is 62.7 Å². The number of nitrogens with one attached hydrogen (secondary N) is 1. The fourth-order valence-corrected chi connectivity index (χ4v) is 3.20. The minimum atomic E-state index is -0.823. The predicted molar refractivity (Wildman–Crippen MR) is 98.5 cm³/mol. The molecule has 26 heavy (non-hydrogen) atoms. The number of hydrogen-bond donors (Lipinski definition) is 1. The average molecular weight is 350 g/mol. The molecule has 3 amide bonds. The molecule has 2 aromatic carbocycles. The second-order valence-corrected chi connectivity index (χ2v) is 6.56. The first-order valence-electron chi connectivity index (χ1n) is 8.83. The Morgan fingerprint density at radius 2 is 1.50 bits per heavy atom. The summed E-state index contributed by atoms with van der Waals surface area (Å²) in [5.41, 5.74) is 1.69. The van der Waals surface area contributed by atoms with Crippen LogP contribution in [0.5, 0.6) is 0 Å². The van der Waals surface area contributed by atoms with E-state index >= 15 is 0 Å². The first-order chi connectivity index (χ1) is 12.5. The number of rotatable bonds is 6. The number of nitrogens with zero attached hydrogens (tertiary/aromatic N) is 1. The highest BCUT2D eigenvalue weighted by molar-refractivity contribution is 6.22. The van der Waals surface area contributed by atoms with Gasteiger partial charge in [-0.25, -0.2) is 0 Å². The smallest absolute Gasteiger partial charge is 0.262 e. The van der Waals surface area contributed by atoms with Crippen molar-refractivity contribution in [3.8, 4) is 0 Å². The molecule has 1 N–H and O–H groups in total. The van der Waals surface area contributed by atoms with Crippen LogP contribution in [-0.2, 0) is 11.3 Å². The Kier molecular flexibility index (Phi) is 5.16. The van der Waals surface area contributed by atoms with Gasteiger partial charge in [0.15, 0.2) is 0 Å². The van der Waals surface area contributed by atoms with Crippen LogP contribution in [0.4, 0.5) is 0 Å². The molecule has 134 valence electrons. The number of amides is 3. The second kappa shape index (κ2) is 7.52. The molecule has 0 fully saturated rings. The van der Waals surface area contributed by atoms with Crippen LogP contribution in [-0.4, -0.2) is 28.7 Å². The summed E-state index contributed by atoms with van der Waals surface area (Å²) in [7, 11) is 0. The van der Waals surface area contributed by atoms with E-state index in [4.69, 9.17) is 0 Å². The van der Waals surface area contributed by atoms with Crippen LogP contribution >= 0.6 is 0 Å². The zero-order chi connectivity index (χ0) is 18.7. The maximum Gasteiger partial charge on any atom is 0.262 e. The van der Waals surface area contributed by atoms with E-state index in [9.17, 15) is 14.4 Å². The summed E-state index contributed by atoms with van der Waals surface area (Å²) < 4.78 is 0. The largest absolute Gasteiger partial charge is 0.350 e. The molecule has 0 saturated carbocycles. The van der Waals surface area contributed by atoms with Gasteiger partial charge in [0.05, 0.1) is 11.1 Å². The maximum atomic E-state index is 12.9. The van der Waals surface area contributed by atoms with Crippen LogP contribution in [0.2, 0.25) is 0 Å². The van der Waals surface area contributed by atoms with Crippen molar-refractivity contribution in [2.75, 3.05) is 0 Å². The molecule has 0 radical (unpaired) electrons. The van der Waals surface area contributed by atoms with Crippen LogP contribution < -0.4 is 5.32 Å². The molecule has 0 saturated heterocycles. The van der Waals surface area contributed by atoms with Crippen molar-refractivity contribution in [1.29, 1.82) is 0 Å². The Hall–Kier alpha value is -2.95. The molecule has 5 heteroatoms.